The highest BCUT2D eigenvalue weighted by molar-refractivity contribution is 5.90. The summed E-state index contributed by atoms with van der Waals surface area (Å²) in [4.78, 5) is 42.2. The summed E-state index contributed by atoms with van der Waals surface area (Å²) in [7, 11) is 0. The molecule has 1 saturated carbocycles. The molecule has 264 valence electrons. The van der Waals surface area contributed by atoms with E-state index in [4.69, 9.17) is 24.7 Å². The zero-order valence-corrected chi connectivity index (χ0v) is 28.6. The fourth-order valence-electron chi connectivity index (χ4n) is 6.48. The van der Waals surface area contributed by atoms with Gasteiger partial charge in [0, 0.05) is 31.7 Å². The molecule has 4 rings (SSSR count). The maximum atomic E-state index is 14.2. The first kappa shape index (κ1) is 37.0. The molecule has 0 aromatic heterocycles. The Labute approximate surface area is 279 Å². The van der Waals surface area contributed by atoms with Gasteiger partial charge in [-0.25, -0.2) is 9.18 Å². The molecule has 3 N–H and O–H groups in total. The maximum Gasteiger partial charge on any atom is 0.410 e. The zero-order chi connectivity index (χ0) is 34.0. The summed E-state index contributed by atoms with van der Waals surface area (Å²) < 4.78 is 36.7. The third-order valence-electron chi connectivity index (χ3n) is 9.30. The highest BCUT2D eigenvalue weighted by atomic mass is 19.1. The SMILES string of the molecule is CCOC[C@H]1C[C@H]1CCCCCCC[C@H](NCOCOC(C)(C)C)C(=O)N1C[C@H](OC(=O)N2Cc3cccc(F)c3C2)C[C@H]1C(N)=O. The number of nitrogens with two attached hydrogens (primary N) is 1. The van der Waals surface area contributed by atoms with Crippen molar-refractivity contribution in [1.82, 2.24) is 15.1 Å². The van der Waals surface area contributed by atoms with Crippen molar-refractivity contribution < 1.29 is 37.7 Å². The predicted octanol–water partition coefficient (Wildman–Crippen LogP) is 4.84. The van der Waals surface area contributed by atoms with Gasteiger partial charge in [-0.3, -0.25) is 19.8 Å². The molecule has 3 aliphatic rings. The zero-order valence-electron chi connectivity index (χ0n) is 28.6. The van der Waals surface area contributed by atoms with E-state index in [0.717, 1.165) is 56.3 Å². The lowest BCUT2D eigenvalue weighted by Crippen LogP contribution is -2.52. The number of ether oxygens (including phenoxy) is 4. The number of unbranched alkanes of at least 4 members (excludes halogenated alkanes) is 4. The molecule has 2 aliphatic heterocycles. The largest absolute Gasteiger partial charge is 0.444 e. The lowest BCUT2D eigenvalue weighted by Gasteiger charge is -2.28. The highest BCUT2D eigenvalue weighted by Gasteiger charge is 2.43. The second-order valence-corrected chi connectivity index (χ2v) is 14.1. The van der Waals surface area contributed by atoms with E-state index in [9.17, 15) is 18.8 Å². The number of rotatable bonds is 19. The first-order valence-electron chi connectivity index (χ1n) is 17.3. The standard InChI is InChI=1S/C35H55FN4O7/c1-5-44-21-26-16-24(26)12-9-7-6-8-10-15-30(38-22-45-23-46-35(2,3)4)33(42)40-19-27(17-31(40)32(37)41)47-34(43)39-18-25-13-11-14-29(36)28(25)20-39/h11,13-14,24,26-27,30-31,38H,5-10,12,15-23H2,1-4H3,(H2,37,41)/t24-,26-,27-,30+,31+/m1/s1. The fraction of sp³-hybridized carbons (Fsp3) is 0.743. The van der Waals surface area contributed by atoms with E-state index >= 15 is 0 Å². The van der Waals surface area contributed by atoms with Crippen LogP contribution in [0.4, 0.5) is 9.18 Å². The molecular formula is C35H55FN4O7. The molecule has 0 unspecified atom stereocenters. The van der Waals surface area contributed by atoms with Crippen LogP contribution in [-0.4, -0.2) is 84.8 Å². The van der Waals surface area contributed by atoms with E-state index in [0.29, 0.717) is 12.0 Å². The lowest BCUT2D eigenvalue weighted by molar-refractivity contribution is -0.142. The Morgan fingerprint density at radius 1 is 1.04 bits per heavy atom. The van der Waals surface area contributed by atoms with Crippen LogP contribution in [-0.2, 0) is 41.6 Å². The number of likely N-dealkylation sites (tertiary alicyclic amines) is 1. The number of benzene rings is 1. The number of hydrogen-bond acceptors (Lipinski definition) is 8. The van der Waals surface area contributed by atoms with Crippen molar-refractivity contribution in [2.75, 3.05) is 33.3 Å². The van der Waals surface area contributed by atoms with Crippen molar-refractivity contribution in [3.05, 3.63) is 35.1 Å². The molecule has 47 heavy (non-hydrogen) atoms. The van der Waals surface area contributed by atoms with Crippen molar-refractivity contribution in [3.8, 4) is 0 Å². The molecule has 3 amide bonds. The van der Waals surface area contributed by atoms with E-state index in [1.54, 1.807) is 12.1 Å². The number of fused-ring (bicyclic) bond motifs is 1. The predicted molar refractivity (Wildman–Crippen MR) is 174 cm³/mol. The number of hydrogen-bond donors (Lipinski definition) is 2. The van der Waals surface area contributed by atoms with Crippen molar-refractivity contribution >= 4 is 17.9 Å². The van der Waals surface area contributed by atoms with Crippen LogP contribution in [0.5, 0.6) is 0 Å². The highest BCUT2D eigenvalue weighted by Crippen LogP contribution is 2.42. The van der Waals surface area contributed by atoms with Crippen LogP contribution in [0.25, 0.3) is 0 Å². The minimum atomic E-state index is -0.906. The van der Waals surface area contributed by atoms with E-state index in [1.165, 1.54) is 35.1 Å². The molecule has 2 heterocycles. The Morgan fingerprint density at radius 3 is 2.53 bits per heavy atom. The summed E-state index contributed by atoms with van der Waals surface area (Å²) >= 11 is 0. The molecular weight excluding hydrogens is 607 g/mol. The summed E-state index contributed by atoms with van der Waals surface area (Å²) in [6.45, 7) is 10.1. The maximum absolute atomic E-state index is 14.2. The van der Waals surface area contributed by atoms with Gasteiger partial charge < -0.3 is 29.6 Å². The topological polar surface area (TPSA) is 133 Å². The number of carbonyl (C=O) groups is 3. The molecule has 0 radical (unpaired) electrons. The van der Waals surface area contributed by atoms with E-state index in [1.807, 2.05) is 27.7 Å². The van der Waals surface area contributed by atoms with Crippen LogP contribution in [0.15, 0.2) is 18.2 Å². The number of carbonyl (C=O) groups excluding carboxylic acids is 3. The van der Waals surface area contributed by atoms with Crippen LogP contribution < -0.4 is 11.1 Å². The average molecular weight is 663 g/mol. The van der Waals surface area contributed by atoms with Crippen LogP contribution in [0.3, 0.4) is 0 Å². The normalized spacial score (nSPS) is 22.7. The fourth-order valence-corrected chi connectivity index (χ4v) is 6.48. The minimum absolute atomic E-state index is 0.0466. The van der Waals surface area contributed by atoms with Gasteiger partial charge in [0.15, 0.2) is 0 Å². The van der Waals surface area contributed by atoms with Gasteiger partial charge in [0.05, 0.1) is 31.5 Å². The smallest absolute Gasteiger partial charge is 0.410 e. The van der Waals surface area contributed by atoms with Crippen molar-refractivity contribution in [1.29, 1.82) is 0 Å². The van der Waals surface area contributed by atoms with Gasteiger partial charge >= 0.3 is 6.09 Å². The Kier molecular flexibility index (Phi) is 13.8. The monoisotopic (exact) mass is 662 g/mol. The van der Waals surface area contributed by atoms with Gasteiger partial charge in [0.25, 0.3) is 0 Å². The number of amides is 3. The molecule has 1 aromatic rings. The number of nitrogens with one attached hydrogen (secondary N) is 1. The molecule has 12 heteroatoms. The number of nitrogens with zero attached hydrogens (tertiary/aromatic N) is 2. The lowest BCUT2D eigenvalue weighted by atomic mass is 10.0. The quantitative estimate of drug-likeness (QED) is 0.159. The summed E-state index contributed by atoms with van der Waals surface area (Å²) in [5.41, 5.74) is 6.58. The van der Waals surface area contributed by atoms with Crippen LogP contribution >= 0.6 is 0 Å². The molecule has 2 fully saturated rings. The molecule has 5 atom stereocenters. The Balaban J connectivity index is 1.27. The third kappa shape index (κ3) is 11.4. The van der Waals surface area contributed by atoms with Crippen molar-refractivity contribution in [2.24, 2.45) is 17.6 Å². The van der Waals surface area contributed by atoms with Crippen LogP contribution in [0.2, 0.25) is 0 Å². The number of primary amides is 1. The van der Waals surface area contributed by atoms with Gasteiger partial charge in [0.1, 0.15) is 24.8 Å². The van der Waals surface area contributed by atoms with Crippen molar-refractivity contribution in [3.63, 3.8) is 0 Å². The first-order valence-corrected chi connectivity index (χ1v) is 17.3. The van der Waals surface area contributed by atoms with Gasteiger partial charge in [-0.1, -0.05) is 50.7 Å². The van der Waals surface area contributed by atoms with Crippen LogP contribution in [0, 0.1) is 17.7 Å². The summed E-state index contributed by atoms with van der Waals surface area (Å²) in [6, 6.07) is 3.25. The number of halogens is 1. The molecule has 1 aromatic carbocycles. The van der Waals surface area contributed by atoms with Gasteiger partial charge in [-0.05, 0) is 64.0 Å². The molecule has 11 nitrogen and oxygen atoms in total. The van der Waals surface area contributed by atoms with E-state index in [-0.39, 0.29) is 56.9 Å². The van der Waals surface area contributed by atoms with E-state index < -0.39 is 30.2 Å². The second-order valence-electron chi connectivity index (χ2n) is 14.1. The molecule has 0 bridgehead atoms. The first-order chi connectivity index (χ1) is 22.5. The van der Waals surface area contributed by atoms with Gasteiger partial charge in [0.2, 0.25) is 11.8 Å². The third-order valence-corrected chi connectivity index (χ3v) is 9.30. The van der Waals surface area contributed by atoms with Gasteiger partial charge in [-0.2, -0.15) is 0 Å². The summed E-state index contributed by atoms with van der Waals surface area (Å²) in [5, 5.41) is 3.20. The Bertz CT molecular complexity index is 1190. The summed E-state index contributed by atoms with van der Waals surface area (Å²) in [5.74, 6) is 0.259. The molecule has 0 spiro atoms. The molecule has 1 aliphatic carbocycles. The minimum Gasteiger partial charge on any atom is -0.444 e. The van der Waals surface area contributed by atoms with E-state index in [2.05, 4.69) is 5.32 Å². The molecule has 1 saturated heterocycles. The Hall–Kier alpha value is -2.80. The van der Waals surface area contributed by atoms with Crippen molar-refractivity contribution in [2.45, 2.75) is 122 Å². The van der Waals surface area contributed by atoms with Gasteiger partial charge in [-0.15, -0.1) is 0 Å². The second kappa shape index (κ2) is 17.6. The Morgan fingerprint density at radius 2 is 1.81 bits per heavy atom. The van der Waals surface area contributed by atoms with Crippen LogP contribution in [0.1, 0.15) is 96.6 Å². The average Bonchev–Trinajstić information content (AvgIpc) is 3.39. The summed E-state index contributed by atoms with van der Waals surface area (Å²) in [6.07, 6.45) is 7.17.